The number of hydrogen-bond acceptors (Lipinski definition) is 4. The van der Waals surface area contributed by atoms with Crippen LogP contribution >= 0.6 is 0 Å². The van der Waals surface area contributed by atoms with Gasteiger partial charge in [-0.3, -0.25) is 14.6 Å². The normalized spacial score (nSPS) is 16.6. The second kappa shape index (κ2) is 4.76. The Balaban J connectivity index is 2.46. The van der Waals surface area contributed by atoms with Crippen molar-refractivity contribution < 1.29 is 9.59 Å². The van der Waals surface area contributed by atoms with Crippen LogP contribution in [-0.4, -0.2) is 30.4 Å². The minimum atomic E-state index is -0.393. The van der Waals surface area contributed by atoms with E-state index in [9.17, 15) is 9.59 Å². The summed E-state index contributed by atoms with van der Waals surface area (Å²) in [5.74, 6) is -0.661. The molecule has 1 heterocycles. The maximum Gasteiger partial charge on any atom is 0.210 e. The number of ketones is 2. The van der Waals surface area contributed by atoms with Gasteiger partial charge in [0.1, 0.15) is 13.5 Å². The van der Waals surface area contributed by atoms with Gasteiger partial charge in [-0.1, -0.05) is 6.92 Å². The number of rotatable bonds is 3. The highest BCUT2D eigenvalue weighted by Crippen LogP contribution is 2.22. The predicted molar refractivity (Wildman–Crippen MR) is 68.6 cm³/mol. The molecule has 2 radical (unpaired) electrons. The Morgan fingerprint density at radius 3 is 2.78 bits per heavy atom. The van der Waals surface area contributed by atoms with Crippen LogP contribution in [-0.2, 0) is 0 Å². The third kappa shape index (κ3) is 1.96. The van der Waals surface area contributed by atoms with Gasteiger partial charge in [0.15, 0.2) is 5.78 Å². The van der Waals surface area contributed by atoms with Crippen molar-refractivity contribution in [3.63, 3.8) is 0 Å². The van der Waals surface area contributed by atoms with Gasteiger partial charge in [0.05, 0.1) is 11.3 Å². The molecule has 0 bridgehead atoms. The first-order valence-electron chi connectivity index (χ1n) is 5.87. The molecule has 1 unspecified atom stereocenters. The first-order chi connectivity index (χ1) is 8.56. The first-order valence-corrected chi connectivity index (χ1v) is 5.87. The largest absolute Gasteiger partial charge is 0.380 e. The molecule has 1 aliphatic carbocycles. The number of allylic oxidation sites excluding steroid dienone is 2. The van der Waals surface area contributed by atoms with E-state index in [1.807, 2.05) is 13.8 Å². The van der Waals surface area contributed by atoms with Crippen molar-refractivity contribution in [3.8, 4) is 0 Å². The maximum atomic E-state index is 12.2. The van der Waals surface area contributed by atoms with Gasteiger partial charge in [-0.05, 0) is 30.9 Å². The molecule has 0 aliphatic heterocycles. The summed E-state index contributed by atoms with van der Waals surface area (Å²) in [5, 5.41) is 3.00. The van der Waals surface area contributed by atoms with Crippen LogP contribution < -0.4 is 5.32 Å². The molecule has 0 aromatic carbocycles. The van der Waals surface area contributed by atoms with Crippen LogP contribution in [0.15, 0.2) is 29.5 Å². The van der Waals surface area contributed by atoms with Gasteiger partial charge in [0.25, 0.3) is 0 Å². The van der Waals surface area contributed by atoms with Gasteiger partial charge >= 0.3 is 0 Å². The average molecular weight is 240 g/mol. The van der Waals surface area contributed by atoms with E-state index >= 15 is 0 Å². The van der Waals surface area contributed by atoms with E-state index in [0.29, 0.717) is 5.56 Å². The predicted octanol–water partition coefficient (Wildman–Crippen LogP) is 1.23. The van der Waals surface area contributed by atoms with Crippen molar-refractivity contribution in [1.82, 2.24) is 10.3 Å². The van der Waals surface area contributed by atoms with Gasteiger partial charge in [0.2, 0.25) is 5.78 Å². The van der Waals surface area contributed by atoms with E-state index in [2.05, 4.69) is 10.3 Å². The number of nitrogens with zero attached hydrogens (tertiary/aromatic N) is 1. The van der Waals surface area contributed by atoms with E-state index < -0.39 is 5.78 Å². The van der Waals surface area contributed by atoms with Gasteiger partial charge in [-0.2, -0.15) is 0 Å². The molecule has 5 heteroatoms. The molecule has 1 aliphatic rings. The van der Waals surface area contributed by atoms with E-state index in [1.54, 1.807) is 12.1 Å². The quantitative estimate of drug-likeness (QED) is 0.807. The number of aromatic nitrogens is 1. The number of fused-ring (bicyclic) bond motifs is 1. The summed E-state index contributed by atoms with van der Waals surface area (Å²) in [6.45, 7) is 3.91. The van der Waals surface area contributed by atoms with Crippen LogP contribution in [0.2, 0.25) is 0 Å². The van der Waals surface area contributed by atoms with E-state index in [-0.39, 0.29) is 28.7 Å². The van der Waals surface area contributed by atoms with E-state index in [4.69, 9.17) is 7.85 Å². The van der Waals surface area contributed by atoms with Crippen molar-refractivity contribution in [2.45, 2.75) is 26.3 Å². The Labute approximate surface area is 107 Å². The summed E-state index contributed by atoms with van der Waals surface area (Å²) >= 11 is 0. The molecule has 2 rings (SSSR count). The van der Waals surface area contributed by atoms with Crippen LogP contribution in [0.4, 0.5) is 0 Å². The van der Waals surface area contributed by atoms with Crippen LogP contribution in [0.1, 0.15) is 41.1 Å². The lowest BCUT2D eigenvalue weighted by atomic mass is 9.80. The Morgan fingerprint density at radius 1 is 1.39 bits per heavy atom. The van der Waals surface area contributed by atoms with Gasteiger partial charge in [0, 0.05) is 12.2 Å². The van der Waals surface area contributed by atoms with Gasteiger partial charge in [-0.15, -0.1) is 0 Å². The Morgan fingerprint density at radius 2 is 2.11 bits per heavy atom. The Hall–Kier alpha value is -1.91. The third-order valence-corrected chi connectivity index (χ3v) is 3.01. The molecule has 18 heavy (non-hydrogen) atoms. The maximum absolute atomic E-state index is 12.2. The molecule has 1 aromatic heterocycles. The summed E-state index contributed by atoms with van der Waals surface area (Å²) in [6, 6.07) is 3.30. The zero-order valence-electron chi connectivity index (χ0n) is 10.4. The van der Waals surface area contributed by atoms with Crippen molar-refractivity contribution in [2.75, 3.05) is 0 Å². The second-order valence-electron chi connectivity index (χ2n) is 4.30. The highest BCUT2D eigenvalue weighted by molar-refractivity contribution is 6.45. The average Bonchev–Trinajstić information content (AvgIpc) is 2.40. The van der Waals surface area contributed by atoms with Crippen LogP contribution in [0.25, 0.3) is 0 Å². The van der Waals surface area contributed by atoms with Crippen molar-refractivity contribution in [3.05, 3.63) is 40.8 Å². The molecule has 4 nitrogen and oxygen atoms in total. The van der Waals surface area contributed by atoms with E-state index in [0.717, 1.165) is 6.42 Å². The fraction of sp³-hybridized carbons (Fsp3) is 0.308. The Bertz CT molecular complexity index is 552. The lowest BCUT2D eigenvalue weighted by molar-refractivity contribution is 0.0969. The first kappa shape index (κ1) is 12.5. The monoisotopic (exact) mass is 240 g/mol. The summed E-state index contributed by atoms with van der Waals surface area (Å²) in [4.78, 5) is 28.2. The molecule has 90 valence electrons. The Kier molecular flexibility index (Phi) is 3.32. The second-order valence-corrected chi connectivity index (χ2v) is 4.30. The number of carbonyl (C=O) groups is 2. The molecule has 1 N–H and O–H groups in total. The van der Waals surface area contributed by atoms with Gasteiger partial charge < -0.3 is 5.32 Å². The lowest BCUT2D eigenvalue weighted by Gasteiger charge is -2.22. The summed E-state index contributed by atoms with van der Waals surface area (Å²) in [6.07, 6.45) is 2.31. The van der Waals surface area contributed by atoms with Crippen LogP contribution in [0.5, 0.6) is 0 Å². The molecule has 1 atom stereocenters. The molecule has 1 aromatic rings. The minimum Gasteiger partial charge on any atom is -0.380 e. The van der Waals surface area contributed by atoms with Crippen molar-refractivity contribution in [2.24, 2.45) is 0 Å². The standard InChI is InChI=1S/C13H13BN2O2/c1-3-7(2)16-11-9(14)13(18)10-8(12(11)17)5-4-6-15-10/h4-7,16H,3H2,1-2H3. The molecule has 0 amide bonds. The zero-order chi connectivity index (χ0) is 13.3. The molecule has 0 spiro atoms. The minimum absolute atomic E-state index is 0.0495. The summed E-state index contributed by atoms with van der Waals surface area (Å²) < 4.78 is 0. The smallest absolute Gasteiger partial charge is 0.210 e. The van der Waals surface area contributed by atoms with Gasteiger partial charge in [-0.25, -0.2) is 0 Å². The molecule has 0 saturated heterocycles. The van der Waals surface area contributed by atoms with Crippen molar-refractivity contribution in [1.29, 1.82) is 0 Å². The topological polar surface area (TPSA) is 59.1 Å². The zero-order valence-corrected chi connectivity index (χ0v) is 10.4. The highest BCUT2D eigenvalue weighted by Gasteiger charge is 2.30. The number of Topliss-reactive ketones (excluding diaryl/α,β-unsaturated/α-hetero) is 2. The molecular formula is C13H13BN2O2. The molecule has 0 saturated carbocycles. The lowest BCUT2D eigenvalue weighted by Crippen LogP contribution is -2.35. The molecular weight excluding hydrogens is 227 g/mol. The van der Waals surface area contributed by atoms with E-state index in [1.165, 1.54) is 6.20 Å². The van der Waals surface area contributed by atoms with Crippen LogP contribution in [0.3, 0.4) is 0 Å². The number of carbonyl (C=O) groups excluding carboxylic acids is 2. The number of pyridine rings is 1. The van der Waals surface area contributed by atoms with Crippen LogP contribution in [0, 0.1) is 0 Å². The highest BCUT2D eigenvalue weighted by atomic mass is 16.1. The number of hydrogen-bond donors (Lipinski definition) is 1. The summed E-state index contributed by atoms with van der Waals surface area (Å²) in [5.41, 5.74) is 0.582. The number of nitrogens with one attached hydrogen (secondary N) is 1. The SMILES string of the molecule is [B]C1=C(NC(C)CC)C(=O)c2cccnc2C1=O. The van der Waals surface area contributed by atoms with Crippen molar-refractivity contribution >= 4 is 19.4 Å². The fourth-order valence-corrected chi connectivity index (χ4v) is 1.76. The summed E-state index contributed by atoms with van der Waals surface area (Å²) in [7, 11) is 5.74. The molecule has 0 fully saturated rings. The third-order valence-electron chi connectivity index (χ3n) is 3.01. The fourth-order valence-electron chi connectivity index (χ4n) is 1.76.